The smallest absolute Gasteiger partial charge is 0.0595 e. The molecule has 1 rings (SSSR count). The molecule has 84 valence electrons. The second-order valence-corrected chi connectivity index (χ2v) is 4.99. The van der Waals surface area contributed by atoms with Gasteiger partial charge in [0.05, 0.1) is 10.0 Å². The van der Waals surface area contributed by atoms with Crippen LogP contribution < -0.4 is 5.32 Å². The fourth-order valence-electron chi connectivity index (χ4n) is 1.65. The topological polar surface area (TPSA) is 12.0 Å². The van der Waals surface area contributed by atoms with Gasteiger partial charge in [0.25, 0.3) is 0 Å². The van der Waals surface area contributed by atoms with Crippen molar-refractivity contribution in [1.82, 2.24) is 5.32 Å². The van der Waals surface area contributed by atoms with E-state index in [2.05, 4.69) is 26.1 Å². The second kappa shape index (κ2) is 5.74. The highest BCUT2D eigenvalue weighted by Gasteiger charge is 2.06. The molecule has 0 bridgehead atoms. The molecule has 0 fully saturated rings. The van der Waals surface area contributed by atoms with E-state index < -0.39 is 0 Å². The summed E-state index contributed by atoms with van der Waals surface area (Å²) in [7, 11) is 0. The van der Waals surface area contributed by atoms with Gasteiger partial charge in [0.1, 0.15) is 0 Å². The molecular formula is C12H17Cl2N. The Kier molecular flexibility index (Phi) is 4.91. The minimum atomic E-state index is 0.447. The Morgan fingerprint density at radius 1 is 1.13 bits per heavy atom. The van der Waals surface area contributed by atoms with Crippen molar-refractivity contribution >= 4 is 23.2 Å². The maximum Gasteiger partial charge on any atom is 0.0595 e. The average Bonchev–Trinajstić information content (AvgIpc) is 2.10. The molecular weight excluding hydrogens is 229 g/mol. The lowest BCUT2D eigenvalue weighted by atomic mass is 10.1. The van der Waals surface area contributed by atoms with Gasteiger partial charge in [-0.15, -0.1) is 0 Å². The molecule has 0 radical (unpaired) electrons. The lowest BCUT2D eigenvalue weighted by Gasteiger charge is -2.16. The van der Waals surface area contributed by atoms with Crippen molar-refractivity contribution in [2.45, 2.75) is 39.3 Å². The summed E-state index contributed by atoms with van der Waals surface area (Å²) >= 11 is 11.8. The van der Waals surface area contributed by atoms with Gasteiger partial charge in [-0.1, -0.05) is 43.1 Å². The molecule has 0 heterocycles. The highest BCUT2D eigenvalue weighted by Crippen LogP contribution is 2.23. The molecule has 1 aromatic rings. The standard InChI is InChI=1S/C12H17Cl2N/c1-8(2)15-9(3)6-10-4-5-11(13)12(14)7-10/h4-5,7-9,15H,6H2,1-3H3. The maximum atomic E-state index is 5.95. The van der Waals surface area contributed by atoms with E-state index >= 15 is 0 Å². The van der Waals surface area contributed by atoms with E-state index in [4.69, 9.17) is 23.2 Å². The quantitative estimate of drug-likeness (QED) is 0.848. The van der Waals surface area contributed by atoms with Gasteiger partial charge >= 0.3 is 0 Å². The van der Waals surface area contributed by atoms with E-state index in [0.29, 0.717) is 22.1 Å². The number of rotatable bonds is 4. The highest BCUT2D eigenvalue weighted by atomic mass is 35.5. The van der Waals surface area contributed by atoms with Crippen LogP contribution in [0.4, 0.5) is 0 Å². The zero-order chi connectivity index (χ0) is 11.4. The fraction of sp³-hybridized carbons (Fsp3) is 0.500. The molecule has 15 heavy (non-hydrogen) atoms. The van der Waals surface area contributed by atoms with Gasteiger partial charge in [0.2, 0.25) is 0 Å². The molecule has 0 amide bonds. The molecule has 1 N–H and O–H groups in total. The highest BCUT2D eigenvalue weighted by molar-refractivity contribution is 6.42. The first kappa shape index (κ1) is 12.8. The monoisotopic (exact) mass is 245 g/mol. The Morgan fingerprint density at radius 3 is 2.33 bits per heavy atom. The lowest BCUT2D eigenvalue weighted by Crippen LogP contribution is -2.33. The van der Waals surface area contributed by atoms with E-state index in [9.17, 15) is 0 Å². The predicted octanol–water partition coefficient (Wildman–Crippen LogP) is 3.92. The van der Waals surface area contributed by atoms with Crippen LogP contribution in [-0.2, 0) is 6.42 Å². The van der Waals surface area contributed by atoms with Crippen molar-refractivity contribution in [3.8, 4) is 0 Å². The molecule has 0 aliphatic carbocycles. The number of hydrogen-bond donors (Lipinski definition) is 1. The van der Waals surface area contributed by atoms with Gasteiger partial charge < -0.3 is 5.32 Å². The van der Waals surface area contributed by atoms with Crippen molar-refractivity contribution in [2.75, 3.05) is 0 Å². The zero-order valence-corrected chi connectivity index (χ0v) is 10.9. The molecule has 0 aromatic heterocycles. The Morgan fingerprint density at radius 2 is 1.80 bits per heavy atom. The molecule has 1 aromatic carbocycles. The molecule has 0 saturated carbocycles. The van der Waals surface area contributed by atoms with Crippen LogP contribution in [0, 0.1) is 0 Å². The minimum absolute atomic E-state index is 0.447. The molecule has 0 aliphatic rings. The van der Waals surface area contributed by atoms with Crippen molar-refractivity contribution in [1.29, 1.82) is 0 Å². The Labute approximate surface area is 102 Å². The van der Waals surface area contributed by atoms with Gasteiger partial charge in [-0.2, -0.15) is 0 Å². The van der Waals surface area contributed by atoms with Gasteiger partial charge in [-0.3, -0.25) is 0 Å². The third-order valence-electron chi connectivity index (χ3n) is 2.14. The van der Waals surface area contributed by atoms with E-state index in [0.717, 1.165) is 6.42 Å². The average molecular weight is 246 g/mol. The van der Waals surface area contributed by atoms with Gasteiger partial charge in [-0.05, 0) is 31.0 Å². The van der Waals surface area contributed by atoms with Crippen molar-refractivity contribution in [2.24, 2.45) is 0 Å². The van der Waals surface area contributed by atoms with E-state index in [1.807, 2.05) is 18.2 Å². The summed E-state index contributed by atoms with van der Waals surface area (Å²) in [5, 5.41) is 4.70. The normalized spacial score (nSPS) is 13.2. The number of halogens is 2. The van der Waals surface area contributed by atoms with Crippen LogP contribution in [0.3, 0.4) is 0 Å². The summed E-state index contributed by atoms with van der Waals surface area (Å²) < 4.78 is 0. The molecule has 0 aliphatic heterocycles. The van der Waals surface area contributed by atoms with Crippen LogP contribution in [0.5, 0.6) is 0 Å². The molecule has 1 unspecified atom stereocenters. The van der Waals surface area contributed by atoms with Gasteiger partial charge in [0.15, 0.2) is 0 Å². The van der Waals surface area contributed by atoms with Crippen molar-refractivity contribution < 1.29 is 0 Å². The Balaban J connectivity index is 2.60. The summed E-state index contributed by atoms with van der Waals surface area (Å²) in [6.45, 7) is 6.46. The summed E-state index contributed by atoms with van der Waals surface area (Å²) in [6, 6.07) is 6.75. The van der Waals surface area contributed by atoms with Crippen LogP contribution in [0.15, 0.2) is 18.2 Å². The lowest BCUT2D eigenvalue weighted by molar-refractivity contribution is 0.488. The second-order valence-electron chi connectivity index (χ2n) is 4.18. The zero-order valence-electron chi connectivity index (χ0n) is 9.35. The SMILES string of the molecule is CC(C)NC(C)Cc1ccc(Cl)c(Cl)c1. The van der Waals surface area contributed by atoms with Crippen molar-refractivity contribution in [3.05, 3.63) is 33.8 Å². The first-order chi connectivity index (χ1) is 6.99. The maximum absolute atomic E-state index is 5.95. The van der Waals surface area contributed by atoms with Crippen LogP contribution in [0.1, 0.15) is 26.3 Å². The summed E-state index contributed by atoms with van der Waals surface area (Å²) in [5.41, 5.74) is 1.21. The number of hydrogen-bond acceptors (Lipinski definition) is 1. The number of nitrogens with one attached hydrogen (secondary N) is 1. The summed E-state index contributed by atoms with van der Waals surface area (Å²) in [5.74, 6) is 0. The van der Waals surface area contributed by atoms with E-state index in [1.54, 1.807) is 0 Å². The predicted molar refractivity (Wildman–Crippen MR) is 67.9 cm³/mol. The minimum Gasteiger partial charge on any atom is -0.312 e. The molecule has 1 nitrogen and oxygen atoms in total. The van der Waals surface area contributed by atoms with E-state index in [-0.39, 0.29) is 0 Å². The third kappa shape index (κ3) is 4.42. The molecule has 3 heteroatoms. The summed E-state index contributed by atoms with van der Waals surface area (Å²) in [6.07, 6.45) is 0.967. The number of benzene rings is 1. The first-order valence-electron chi connectivity index (χ1n) is 5.19. The van der Waals surface area contributed by atoms with Crippen LogP contribution in [0.25, 0.3) is 0 Å². The van der Waals surface area contributed by atoms with Crippen molar-refractivity contribution in [3.63, 3.8) is 0 Å². The van der Waals surface area contributed by atoms with Gasteiger partial charge in [0, 0.05) is 12.1 Å². The molecule has 0 spiro atoms. The molecule has 0 saturated heterocycles. The largest absolute Gasteiger partial charge is 0.312 e. The molecule has 1 atom stereocenters. The van der Waals surface area contributed by atoms with Crippen LogP contribution in [-0.4, -0.2) is 12.1 Å². The van der Waals surface area contributed by atoms with E-state index in [1.165, 1.54) is 5.56 Å². The fourth-order valence-corrected chi connectivity index (χ4v) is 1.97. The first-order valence-corrected chi connectivity index (χ1v) is 5.94. The third-order valence-corrected chi connectivity index (χ3v) is 2.88. The van der Waals surface area contributed by atoms with Crippen LogP contribution in [0.2, 0.25) is 10.0 Å². The summed E-state index contributed by atoms with van der Waals surface area (Å²) in [4.78, 5) is 0. The Hall–Kier alpha value is -0.240. The van der Waals surface area contributed by atoms with Crippen LogP contribution >= 0.6 is 23.2 Å². The van der Waals surface area contributed by atoms with Gasteiger partial charge in [-0.25, -0.2) is 0 Å². The Bertz CT molecular complexity index is 323.